The number of carbonyl (C=O) groups is 2. The number of anilines is 1. The Bertz CT molecular complexity index is 560. The Balaban J connectivity index is 0.00000312. The molecule has 0 saturated carbocycles. The number of urea groups is 1. The number of halogens is 1. The van der Waals surface area contributed by atoms with Crippen LogP contribution in [0.1, 0.15) is 43.5 Å². The van der Waals surface area contributed by atoms with Crippen LogP contribution in [-0.2, 0) is 0 Å². The molecule has 140 valence electrons. The fourth-order valence-corrected chi connectivity index (χ4v) is 2.83. The lowest BCUT2D eigenvalue weighted by molar-refractivity contribution is 0.0950. The molecule has 1 aromatic carbocycles. The third-order valence-electron chi connectivity index (χ3n) is 4.04. The molecule has 0 radical (unpaired) electrons. The molecule has 1 aromatic rings. The molecule has 7 heteroatoms. The van der Waals surface area contributed by atoms with Gasteiger partial charge in [-0.05, 0) is 70.3 Å². The van der Waals surface area contributed by atoms with Gasteiger partial charge in [0, 0.05) is 23.8 Å². The van der Waals surface area contributed by atoms with E-state index in [-0.39, 0.29) is 30.4 Å². The van der Waals surface area contributed by atoms with Crippen LogP contribution < -0.4 is 21.3 Å². The maximum Gasteiger partial charge on any atom is 0.319 e. The third-order valence-corrected chi connectivity index (χ3v) is 4.04. The maximum absolute atomic E-state index is 12.2. The highest BCUT2D eigenvalue weighted by Crippen LogP contribution is 2.14. The molecule has 1 fully saturated rings. The normalized spacial score (nSPS) is 16.7. The first-order valence-electron chi connectivity index (χ1n) is 8.71. The Hall–Kier alpha value is -1.79. The number of hydrogen-bond donors (Lipinski definition) is 4. The summed E-state index contributed by atoms with van der Waals surface area (Å²) < 4.78 is 0. The second-order valence-electron chi connectivity index (χ2n) is 6.59. The van der Waals surface area contributed by atoms with Crippen molar-refractivity contribution in [2.24, 2.45) is 5.92 Å². The Morgan fingerprint density at radius 3 is 2.80 bits per heavy atom. The number of hydrogen-bond acceptors (Lipinski definition) is 3. The molecule has 1 atom stereocenters. The van der Waals surface area contributed by atoms with E-state index in [2.05, 4.69) is 21.3 Å². The molecule has 0 aliphatic carbocycles. The van der Waals surface area contributed by atoms with Crippen molar-refractivity contribution >= 4 is 30.0 Å². The molecule has 6 nitrogen and oxygen atoms in total. The predicted octanol–water partition coefficient (Wildman–Crippen LogP) is 2.76. The third kappa shape index (κ3) is 7.75. The van der Waals surface area contributed by atoms with Crippen LogP contribution in [0.3, 0.4) is 0 Å². The molecule has 1 heterocycles. The maximum atomic E-state index is 12.2. The minimum Gasteiger partial charge on any atom is -0.352 e. The zero-order valence-electron chi connectivity index (χ0n) is 14.9. The molecular formula is C18H29ClN4O2. The number of piperidine rings is 1. The highest BCUT2D eigenvalue weighted by molar-refractivity contribution is 5.96. The van der Waals surface area contributed by atoms with Gasteiger partial charge in [-0.15, -0.1) is 12.4 Å². The second kappa shape index (κ2) is 10.9. The fraction of sp³-hybridized carbons (Fsp3) is 0.556. The predicted molar refractivity (Wildman–Crippen MR) is 104 cm³/mol. The van der Waals surface area contributed by atoms with Crippen LogP contribution in [0, 0.1) is 5.92 Å². The minimum atomic E-state index is -0.271. The lowest BCUT2D eigenvalue weighted by Gasteiger charge is -2.22. The van der Waals surface area contributed by atoms with Crippen LogP contribution in [0.15, 0.2) is 24.3 Å². The van der Waals surface area contributed by atoms with Gasteiger partial charge in [-0.2, -0.15) is 0 Å². The van der Waals surface area contributed by atoms with E-state index in [4.69, 9.17) is 0 Å². The Labute approximate surface area is 155 Å². The molecule has 0 spiro atoms. The minimum absolute atomic E-state index is 0. The van der Waals surface area contributed by atoms with Gasteiger partial charge in [0.25, 0.3) is 5.91 Å². The van der Waals surface area contributed by atoms with Crippen molar-refractivity contribution in [3.63, 3.8) is 0 Å². The molecule has 25 heavy (non-hydrogen) atoms. The number of carbonyl (C=O) groups excluding carboxylic acids is 2. The van der Waals surface area contributed by atoms with Gasteiger partial charge in [-0.3, -0.25) is 4.79 Å². The van der Waals surface area contributed by atoms with Gasteiger partial charge < -0.3 is 21.3 Å². The lowest BCUT2D eigenvalue weighted by atomic mass is 9.96. The summed E-state index contributed by atoms with van der Waals surface area (Å²) in [6, 6.07) is 6.77. The van der Waals surface area contributed by atoms with Crippen molar-refractivity contribution in [3.05, 3.63) is 29.8 Å². The van der Waals surface area contributed by atoms with Crippen LogP contribution >= 0.6 is 12.4 Å². The SMILES string of the molecule is CC(C)NC(=O)Nc1cccc(C(=O)NCCC2CCCNC2)c1.Cl. The van der Waals surface area contributed by atoms with Gasteiger partial charge >= 0.3 is 6.03 Å². The van der Waals surface area contributed by atoms with Gasteiger partial charge in [-0.25, -0.2) is 4.79 Å². The molecule has 1 aliphatic rings. The number of benzene rings is 1. The highest BCUT2D eigenvalue weighted by Gasteiger charge is 2.13. The first-order valence-corrected chi connectivity index (χ1v) is 8.71. The van der Waals surface area contributed by atoms with Crippen LogP contribution in [0.4, 0.5) is 10.5 Å². The molecule has 0 bridgehead atoms. The molecule has 2 rings (SSSR count). The highest BCUT2D eigenvalue weighted by atomic mass is 35.5. The van der Waals surface area contributed by atoms with E-state index in [9.17, 15) is 9.59 Å². The number of amides is 3. The van der Waals surface area contributed by atoms with Crippen molar-refractivity contribution in [2.45, 2.75) is 39.2 Å². The van der Waals surface area contributed by atoms with E-state index in [1.54, 1.807) is 24.3 Å². The second-order valence-corrected chi connectivity index (χ2v) is 6.59. The molecule has 1 aliphatic heterocycles. The first-order chi connectivity index (χ1) is 11.5. The standard InChI is InChI=1S/C18H28N4O2.ClH/c1-13(2)21-18(24)22-16-7-3-6-15(11-16)17(23)20-10-8-14-5-4-9-19-12-14;/h3,6-7,11,13-14,19H,4-5,8-10,12H2,1-2H3,(H,20,23)(H2,21,22,24);1H. The van der Waals surface area contributed by atoms with E-state index in [1.807, 2.05) is 13.8 Å². The first kappa shape index (κ1) is 21.3. The lowest BCUT2D eigenvalue weighted by Crippen LogP contribution is -2.34. The van der Waals surface area contributed by atoms with Crippen LogP contribution in [0.2, 0.25) is 0 Å². The van der Waals surface area contributed by atoms with E-state index in [0.29, 0.717) is 23.7 Å². The Morgan fingerprint density at radius 2 is 2.12 bits per heavy atom. The van der Waals surface area contributed by atoms with Crippen LogP contribution in [0.25, 0.3) is 0 Å². The average Bonchev–Trinajstić information content (AvgIpc) is 2.55. The summed E-state index contributed by atoms with van der Waals surface area (Å²) >= 11 is 0. The largest absolute Gasteiger partial charge is 0.352 e. The summed E-state index contributed by atoms with van der Waals surface area (Å²) in [5.41, 5.74) is 1.16. The number of nitrogens with one attached hydrogen (secondary N) is 4. The summed E-state index contributed by atoms with van der Waals surface area (Å²) in [4.78, 5) is 24.0. The summed E-state index contributed by atoms with van der Waals surface area (Å²) in [6.45, 7) is 6.61. The summed E-state index contributed by atoms with van der Waals surface area (Å²) in [5.74, 6) is 0.540. The molecule has 1 saturated heterocycles. The van der Waals surface area contributed by atoms with Crippen molar-refractivity contribution < 1.29 is 9.59 Å². The monoisotopic (exact) mass is 368 g/mol. The van der Waals surface area contributed by atoms with Crippen LogP contribution in [0.5, 0.6) is 0 Å². The van der Waals surface area contributed by atoms with E-state index < -0.39 is 0 Å². The Kier molecular flexibility index (Phi) is 9.31. The summed E-state index contributed by atoms with van der Waals surface area (Å²) in [7, 11) is 0. The molecule has 0 aromatic heterocycles. The van der Waals surface area contributed by atoms with E-state index in [1.165, 1.54) is 12.8 Å². The summed E-state index contributed by atoms with van der Waals surface area (Å²) in [5, 5.41) is 11.8. The van der Waals surface area contributed by atoms with Crippen molar-refractivity contribution in [1.29, 1.82) is 0 Å². The van der Waals surface area contributed by atoms with Crippen molar-refractivity contribution in [3.8, 4) is 0 Å². The molecule has 4 N–H and O–H groups in total. The van der Waals surface area contributed by atoms with E-state index >= 15 is 0 Å². The van der Waals surface area contributed by atoms with Gasteiger partial charge in [0.2, 0.25) is 0 Å². The van der Waals surface area contributed by atoms with Gasteiger partial charge in [0.15, 0.2) is 0 Å². The van der Waals surface area contributed by atoms with Crippen molar-refractivity contribution in [1.82, 2.24) is 16.0 Å². The average molecular weight is 369 g/mol. The van der Waals surface area contributed by atoms with Crippen LogP contribution in [-0.4, -0.2) is 37.6 Å². The molecule has 3 amide bonds. The zero-order valence-corrected chi connectivity index (χ0v) is 15.7. The Morgan fingerprint density at radius 1 is 1.32 bits per heavy atom. The zero-order chi connectivity index (χ0) is 17.4. The smallest absolute Gasteiger partial charge is 0.319 e. The quantitative estimate of drug-likeness (QED) is 0.623. The van der Waals surface area contributed by atoms with Crippen molar-refractivity contribution in [2.75, 3.05) is 25.0 Å². The van der Waals surface area contributed by atoms with Gasteiger partial charge in [0.1, 0.15) is 0 Å². The number of rotatable bonds is 6. The van der Waals surface area contributed by atoms with Gasteiger partial charge in [0.05, 0.1) is 0 Å². The van der Waals surface area contributed by atoms with E-state index in [0.717, 1.165) is 19.5 Å². The topological polar surface area (TPSA) is 82.3 Å². The van der Waals surface area contributed by atoms with Gasteiger partial charge in [-0.1, -0.05) is 6.07 Å². The molecule has 1 unspecified atom stereocenters. The summed E-state index contributed by atoms with van der Waals surface area (Å²) in [6.07, 6.45) is 3.44. The molecular weight excluding hydrogens is 340 g/mol. The fourth-order valence-electron chi connectivity index (χ4n) is 2.83.